The zero-order valence-corrected chi connectivity index (χ0v) is 21.1. The predicted octanol–water partition coefficient (Wildman–Crippen LogP) is 4.53. The Kier molecular flexibility index (Phi) is 7.79. The second-order valence-corrected chi connectivity index (χ2v) is 8.85. The molecule has 3 aromatic carbocycles. The number of rotatable bonds is 8. The van der Waals surface area contributed by atoms with Gasteiger partial charge in [0, 0.05) is 10.0 Å². The van der Waals surface area contributed by atoms with Gasteiger partial charge in [0.15, 0.2) is 16.6 Å². The predicted molar refractivity (Wildman–Crippen MR) is 139 cm³/mol. The third-order valence-electron chi connectivity index (χ3n) is 5.07. The van der Waals surface area contributed by atoms with Gasteiger partial charge < -0.3 is 14.2 Å². The molecule has 0 spiro atoms. The van der Waals surface area contributed by atoms with Gasteiger partial charge in [0.1, 0.15) is 24.5 Å². The van der Waals surface area contributed by atoms with Crippen LogP contribution in [-0.2, 0) is 22.8 Å². The molecule has 1 aliphatic rings. The Balaban J connectivity index is 1.49. The fourth-order valence-corrected chi connectivity index (χ4v) is 3.91. The van der Waals surface area contributed by atoms with Crippen LogP contribution in [0.2, 0.25) is 0 Å². The van der Waals surface area contributed by atoms with Crippen molar-refractivity contribution in [3.05, 3.63) is 93.5 Å². The molecule has 0 aliphatic carbocycles. The van der Waals surface area contributed by atoms with Gasteiger partial charge in [-0.1, -0.05) is 52.3 Å². The van der Waals surface area contributed by atoms with Gasteiger partial charge in [-0.15, -0.1) is 0 Å². The van der Waals surface area contributed by atoms with E-state index in [1.54, 1.807) is 19.2 Å². The smallest absolute Gasteiger partial charge is 0.263 e. The average molecular weight is 553 g/mol. The van der Waals surface area contributed by atoms with Gasteiger partial charge in [0.25, 0.3) is 11.8 Å². The van der Waals surface area contributed by atoms with Crippen molar-refractivity contribution >= 4 is 51.2 Å². The number of nitrogens with one attached hydrogen (secondary N) is 2. The van der Waals surface area contributed by atoms with Crippen LogP contribution in [0.15, 0.2) is 76.8 Å². The largest absolute Gasteiger partial charge is 0.493 e. The van der Waals surface area contributed by atoms with Crippen molar-refractivity contribution in [2.75, 3.05) is 7.11 Å². The lowest BCUT2D eigenvalue weighted by Gasteiger charge is -2.17. The lowest BCUT2D eigenvalue weighted by atomic mass is 10.1. The number of carbonyl (C=O) groups excluding carboxylic acids is 2. The maximum absolute atomic E-state index is 12.2. The first-order valence-electron chi connectivity index (χ1n) is 10.6. The van der Waals surface area contributed by atoms with Crippen molar-refractivity contribution in [2.45, 2.75) is 13.2 Å². The van der Waals surface area contributed by atoms with E-state index in [0.717, 1.165) is 15.6 Å². The topological polar surface area (TPSA) is 85.9 Å². The van der Waals surface area contributed by atoms with Crippen molar-refractivity contribution in [3.8, 4) is 17.2 Å². The highest BCUT2D eigenvalue weighted by atomic mass is 79.9. The van der Waals surface area contributed by atoms with E-state index in [9.17, 15) is 9.59 Å². The Hall–Kier alpha value is -3.69. The van der Waals surface area contributed by atoms with Crippen molar-refractivity contribution in [1.29, 1.82) is 0 Å². The standard InChI is InChI=1S/C26H21BrN2O5S/c1-32-23-11-17(7-9-22(23)34-14-16-5-3-2-4-6-16)15-33-21-10-8-19(27)12-18(21)13-20-24(30)28-26(35)29-25(20)31/h2-13H,14-15H2,1H3,(H2,28,29,30,31,35). The number of halogens is 1. The van der Waals surface area contributed by atoms with Crippen molar-refractivity contribution in [2.24, 2.45) is 0 Å². The molecule has 7 nitrogen and oxygen atoms in total. The lowest BCUT2D eigenvalue weighted by molar-refractivity contribution is -0.123. The van der Waals surface area contributed by atoms with E-state index >= 15 is 0 Å². The van der Waals surface area contributed by atoms with Crippen LogP contribution < -0.4 is 24.8 Å². The first-order chi connectivity index (χ1) is 16.9. The first-order valence-corrected chi connectivity index (χ1v) is 11.8. The van der Waals surface area contributed by atoms with Crippen LogP contribution in [0.5, 0.6) is 17.2 Å². The molecule has 0 aromatic heterocycles. The van der Waals surface area contributed by atoms with Crippen LogP contribution in [0.4, 0.5) is 0 Å². The second kappa shape index (κ2) is 11.2. The summed E-state index contributed by atoms with van der Waals surface area (Å²) in [6.07, 6.45) is 1.47. The molecule has 1 fully saturated rings. The van der Waals surface area contributed by atoms with E-state index in [1.807, 2.05) is 54.6 Å². The Bertz CT molecular complexity index is 1290. The molecule has 1 aliphatic heterocycles. The molecular weight excluding hydrogens is 532 g/mol. The van der Waals surface area contributed by atoms with Gasteiger partial charge in [0.05, 0.1) is 7.11 Å². The highest BCUT2D eigenvalue weighted by Crippen LogP contribution is 2.31. The molecule has 4 rings (SSSR count). The molecule has 9 heteroatoms. The number of thiocarbonyl (C=S) groups is 1. The number of ether oxygens (including phenoxy) is 3. The minimum Gasteiger partial charge on any atom is -0.493 e. The summed E-state index contributed by atoms with van der Waals surface area (Å²) in [7, 11) is 1.58. The zero-order valence-electron chi connectivity index (χ0n) is 18.7. The number of carbonyl (C=O) groups is 2. The van der Waals surface area contributed by atoms with Gasteiger partial charge in [-0.2, -0.15) is 0 Å². The maximum Gasteiger partial charge on any atom is 0.263 e. The van der Waals surface area contributed by atoms with E-state index in [1.165, 1.54) is 6.08 Å². The maximum atomic E-state index is 12.2. The molecular formula is C26H21BrN2O5S. The summed E-state index contributed by atoms with van der Waals surface area (Å²) in [6.45, 7) is 0.658. The molecule has 3 aromatic rings. The summed E-state index contributed by atoms with van der Waals surface area (Å²) in [5.74, 6) is 0.576. The minimum absolute atomic E-state index is 0.0204. The van der Waals surface area contributed by atoms with Crippen LogP contribution in [0, 0.1) is 0 Å². The quantitative estimate of drug-likeness (QED) is 0.242. The second-order valence-electron chi connectivity index (χ2n) is 7.53. The first kappa shape index (κ1) is 24.4. The van der Waals surface area contributed by atoms with Gasteiger partial charge in [-0.05, 0) is 59.8 Å². The van der Waals surface area contributed by atoms with E-state index in [-0.39, 0.29) is 17.3 Å². The summed E-state index contributed by atoms with van der Waals surface area (Å²) in [5.41, 5.74) is 2.40. The van der Waals surface area contributed by atoms with Crippen molar-refractivity contribution in [3.63, 3.8) is 0 Å². The van der Waals surface area contributed by atoms with Crippen LogP contribution in [0.25, 0.3) is 6.08 Å². The molecule has 1 saturated heterocycles. The van der Waals surface area contributed by atoms with Gasteiger partial charge in [-0.25, -0.2) is 0 Å². The SMILES string of the molecule is COc1cc(COc2ccc(Br)cc2C=C2C(=O)NC(=S)NC2=O)ccc1OCc1ccccc1. The monoisotopic (exact) mass is 552 g/mol. The van der Waals surface area contributed by atoms with Gasteiger partial charge >= 0.3 is 0 Å². The highest BCUT2D eigenvalue weighted by Gasteiger charge is 2.26. The molecule has 1 heterocycles. The molecule has 35 heavy (non-hydrogen) atoms. The van der Waals surface area contributed by atoms with E-state index in [0.29, 0.717) is 29.4 Å². The highest BCUT2D eigenvalue weighted by molar-refractivity contribution is 9.10. The number of hydrogen-bond acceptors (Lipinski definition) is 6. The van der Waals surface area contributed by atoms with E-state index < -0.39 is 11.8 Å². The van der Waals surface area contributed by atoms with Crippen molar-refractivity contribution in [1.82, 2.24) is 10.6 Å². The van der Waals surface area contributed by atoms with Crippen LogP contribution >= 0.6 is 28.1 Å². The van der Waals surface area contributed by atoms with E-state index in [2.05, 4.69) is 26.6 Å². The Morgan fingerprint density at radius 1 is 0.829 bits per heavy atom. The lowest BCUT2D eigenvalue weighted by Crippen LogP contribution is -2.51. The molecule has 0 unspecified atom stereocenters. The average Bonchev–Trinajstić information content (AvgIpc) is 2.85. The fraction of sp³-hybridized carbons (Fsp3) is 0.115. The summed E-state index contributed by atoms with van der Waals surface area (Å²) in [4.78, 5) is 24.5. The Morgan fingerprint density at radius 2 is 1.49 bits per heavy atom. The fourth-order valence-electron chi connectivity index (χ4n) is 3.34. The number of benzene rings is 3. The van der Waals surface area contributed by atoms with Crippen molar-refractivity contribution < 1.29 is 23.8 Å². The summed E-state index contributed by atoms with van der Waals surface area (Å²) < 4.78 is 18.2. The van der Waals surface area contributed by atoms with Crippen LogP contribution in [0.1, 0.15) is 16.7 Å². The van der Waals surface area contributed by atoms with Gasteiger partial charge in [-0.3, -0.25) is 20.2 Å². The summed E-state index contributed by atoms with van der Waals surface area (Å²) in [5, 5.41) is 4.83. The Morgan fingerprint density at radius 3 is 2.20 bits per heavy atom. The number of hydrogen-bond donors (Lipinski definition) is 2. The molecule has 178 valence electrons. The molecule has 0 saturated carbocycles. The van der Waals surface area contributed by atoms with E-state index in [4.69, 9.17) is 26.4 Å². The minimum atomic E-state index is -0.569. The number of methoxy groups -OCH3 is 1. The Labute approximate surface area is 216 Å². The third kappa shape index (κ3) is 6.26. The molecule has 2 amide bonds. The zero-order chi connectivity index (χ0) is 24.8. The summed E-state index contributed by atoms with van der Waals surface area (Å²) in [6, 6.07) is 20.8. The third-order valence-corrected chi connectivity index (χ3v) is 5.77. The molecule has 0 atom stereocenters. The van der Waals surface area contributed by atoms with Crippen LogP contribution in [-0.4, -0.2) is 24.0 Å². The molecule has 0 radical (unpaired) electrons. The van der Waals surface area contributed by atoms with Gasteiger partial charge in [0.2, 0.25) is 0 Å². The molecule has 0 bridgehead atoms. The summed E-state index contributed by atoms with van der Waals surface area (Å²) >= 11 is 8.27. The molecule has 2 N–H and O–H groups in total. The van der Waals surface area contributed by atoms with Crippen LogP contribution in [0.3, 0.4) is 0 Å². The number of amides is 2. The normalized spacial score (nSPS) is 13.1.